The van der Waals surface area contributed by atoms with Gasteiger partial charge in [-0.15, -0.1) is 0 Å². The Morgan fingerprint density at radius 2 is 2.20 bits per heavy atom. The van der Waals surface area contributed by atoms with Crippen molar-refractivity contribution in [3.63, 3.8) is 0 Å². The second-order valence-electron chi connectivity index (χ2n) is 3.84. The molecule has 0 amide bonds. The smallest absolute Gasteiger partial charge is 0.192 e. The summed E-state index contributed by atoms with van der Waals surface area (Å²) < 4.78 is 13.3. The second-order valence-corrected chi connectivity index (χ2v) is 4.39. The van der Waals surface area contributed by atoms with Gasteiger partial charge in [-0.05, 0) is 12.8 Å². The number of rotatable bonds is 0. The van der Waals surface area contributed by atoms with Crippen LogP contribution in [0, 0.1) is 11.3 Å². The van der Waals surface area contributed by atoms with Gasteiger partial charge in [-0.1, -0.05) is 31.4 Å². The van der Waals surface area contributed by atoms with Gasteiger partial charge in [-0.25, -0.2) is 4.39 Å². The van der Waals surface area contributed by atoms with Crippen LogP contribution in [0.25, 0.3) is 0 Å². The van der Waals surface area contributed by atoms with Gasteiger partial charge < -0.3 is 0 Å². The summed E-state index contributed by atoms with van der Waals surface area (Å²) in [6.07, 6.45) is 4.30. The first-order chi connectivity index (χ1) is 4.59. The molecule has 0 aromatic rings. The number of hydrogen-bond donors (Lipinski definition) is 0. The summed E-state index contributed by atoms with van der Waals surface area (Å²) in [4.78, 5) is 0. The van der Waals surface area contributed by atoms with E-state index < -0.39 is 5.13 Å². The first kappa shape index (κ1) is 6.90. The van der Waals surface area contributed by atoms with Gasteiger partial charge in [-0.2, -0.15) is 0 Å². The molecule has 58 valence electrons. The van der Waals surface area contributed by atoms with E-state index in [2.05, 4.69) is 0 Å². The van der Waals surface area contributed by atoms with Gasteiger partial charge in [0.05, 0.1) is 0 Å². The molecule has 0 aromatic carbocycles. The lowest BCUT2D eigenvalue weighted by Crippen LogP contribution is -2.06. The third-order valence-corrected chi connectivity index (χ3v) is 4.02. The predicted molar refractivity (Wildman–Crippen MR) is 39.8 cm³/mol. The Morgan fingerprint density at radius 1 is 1.50 bits per heavy atom. The SMILES string of the molecule is C[C@]12CCCC[C@@H]1[C@@]2(F)Cl. The molecule has 2 fully saturated rings. The Kier molecular flexibility index (Phi) is 1.16. The molecule has 0 bridgehead atoms. The van der Waals surface area contributed by atoms with Gasteiger partial charge in [0.1, 0.15) is 0 Å². The van der Waals surface area contributed by atoms with Crippen LogP contribution in [0.15, 0.2) is 0 Å². The fraction of sp³-hybridized carbons (Fsp3) is 1.00. The number of fused-ring (bicyclic) bond motifs is 1. The van der Waals surface area contributed by atoms with E-state index in [4.69, 9.17) is 11.6 Å². The van der Waals surface area contributed by atoms with Crippen molar-refractivity contribution < 1.29 is 4.39 Å². The maximum atomic E-state index is 13.3. The van der Waals surface area contributed by atoms with Crippen LogP contribution >= 0.6 is 11.6 Å². The lowest BCUT2D eigenvalue weighted by Gasteiger charge is -2.14. The van der Waals surface area contributed by atoms with E-state index in [9.17, 15) is 4.39 Å². The monoisotopic (exact) mass is 162 g/mol. The highest BCUT2D eigenvalue weighted by Crippen LogP contribution is 2.73. The Hall–Kier alpha value is 0.220. The minimum absolute atomic E-state index is 0.160. The summed E-state index contributed by atoms with van der Waals surface area (Å²) in [5.41, 5.74) is -0.160. The fourth-order valence-electron chi connectivity index (χ4n) is 2.36. The van der Waals surface area contributed by atoms with Crippen molar-refractivity contribution in [1.82, 2.24) is 0 Å². The highest BCUT2D eigenvalue weighted by molar-refractivity contribution is 6.26. The molecule has 0 saturated heterocycles. The summed E-state index contributed by atoms with van der Waals surface area (Å²) in [5, 5.41) is -1.34. The van der Waals surface area contributed by atoms with Crippen LogP contribution in [0.2, 0.25) is 0 Å². The Morgan fingerprint density at radius 3 is 2.60 bits per heavy atom. The lowest BCUT2D eigenvalue weighted by molar-refractivity contribution is 0.311. The van der Waals surface area contributed by atoms with Crippen molar-refractivity contribution in [3.05, 3.63) is 0 Å². The molecular formula is C8H12ClF. The van der Waals surface area contributed by atoms with E-state index in [0.29, 0.717) is 0 Å². The van der Waals surface area contributed by atoms with Crippen LogP contribution in [0.1, 0.15) is 32.6 Å². The summed E-state index contributed by atoms with van der Waals surface area (Å²) in [6, 6.07) is 0. The van der Waals surface area contributed by atoms with Gasteiger partial charge in [0, 0.05) is 11.3 Å². The van der Waals surface area contributed by atoms with E-state index in [1.54, 1.807) is 0 Å². The number of hydrogen-bond acceptors (Lipinski definition) is 0. The zero-order valence-corrected chi connectivity index (χ0v) is 6.92. The van der Waals surface area contributed by atoms with Crippen LogP contribution in [0.5, 0.6) is 0 Å². The van der Waals surface area contributed by atoms with E-state index in [-0.39, 0.29) is 11.3 Å². The van der Waals surface area contributed by atoms with Crippen molar-refractivity contribution >= 4 is 11.6 Å². The van der Waals surface area contributed by atoms with Crippen molar-refractivity contribution in [1.29, 1.82) is 0 Å². The van der Waals surface area contributed by atoms with Gasteiger partial charge in [0.25, 0.3) is 0 Å². The summed E-state index contributed by atoms with van der Waals surface area (Å²) in [6.45, 7) is 1.98. The maximum Gasteiger partial charge on any atom is 0.192 e. The second kappa shape index (κ2) is 1.69. The van der Waals surface area contributed by atoms with Crippen molar-refractivity contribution in [2.45, 2.75) is 37.7 Å². The third-order valence-electron chi connectivity index (χ3n) is 3.32. The first-order valence-corrected chi connectivity index (χ1v) is 4.35. The molecule has 2 rings (SSSR count). The number of alkyl halides is 2. The van der Waals surface area contributed by atoms with E-state index in [1.165, 1.54) is 6.42 Å². The Labute approximate surface area is 65.8 Å². The predicted octanol–water partition coefficient (Wildman–Crippen LogP) is 3.10. The van der Waals surface area contributed by atoms with Crippen molar-refractivity contribution in [2.75, 3.05) is 0 Å². The third kappa shape index (κ3) is 0.578. The normalized spacial score (nSPS) is 59.7. The molecule has 0 nitrogen and oxygen atoms in total. The zero-order valence-electron chi connectivity index (χ0n) is 6.16. The molecule has 0 radical (unpaired) electrons. The Balaban J connectivity index is 2.20. The van der Waals surface area contributed by atoms with Crippen LogP contribution in [0.4, 0.5) is 4.39 Å². The molecule has 0 aromatic heterocycles. The van der Waals surface area contributed by atoms with Crippen LogP contribution in [-0.2, 0) is 0 Å². The molecule has 0 N–H and O–H groups in total. The average molecular weight is 163 g/mol. The molecule has 2 saturated carbocycles. The van der Waals surface area contributed by atoms with E-state index in [1.807, 2.05) is 6.92 Å². The van der Waals surface area contributed by atoms with Crippen LogP contribution < -0.4 is 0 Å². The van der Waals surface area contributed by atoms with Crippen molar-refractivity contribution in [3.8, 4) is 0 Å². The van der Waals surface area contributed by atoms with Gasteiger partial charge in [0.2, 0.25) is 0 Å². The minimum Gasteiger partial charge on any atom is -0.225 e. The zero-order chi connectivity index (χ0) is 7.41. The average Bonchev–Trinajstić information content (AvgIpc) is 2.30. The molecule has 0 unspecified atom stereocenters. The molecule has 2 aliphatic rings. The van der Waals surface area contributed by atoms with E-state index >= 15 is 0 Å². The molecule has 0 heterocycles. The lowest BCUT2D eigenvalue weighted by atomic mass is 9.90. The molecule has 2 aliphatic carbocycles. The summed E-state index contributed by atoms with van der Waals surface area (Å²) >= 11 is 5.69. The van der Waals surface area contributed by atoms with Gasteiger partial charge in [-0.3, -0.25) is 0 Å². The minimum atomic E-state index is -1.34. The maximum absolute atomic E-state index is 13.3. The summed E-state index contributed by atoms with van der Waals surface area (Å²) in [5.74, 6) is 0.162. The van der Waals surface area contributed by atoms with Crippen molar-refractivity contribution in [2.24, 2.45) is 11.3 Å². The fourth-order valence-corrected chi connectivity index (χ4v) is 2.88. The topological polar surface area (TPSA) is 0 Å². The van der Waals surface area contributed by atoms with Gasteiger partial charge >= 0.3 is 0 Å². The molecule has 0 spiro atoms. The van der Waals surface area contributed by atoms with Gasteiger partial charge in [0.15, 0.2) is 5.13 Å². The molecule has 0 aliphatic heterocycles. The molecule has 3 atom stereocenters. The van der Waals surface area contributed by atoms with Crippen LogP contribution in [0.3, 0.4) is 0 Å². The number of halogens is 2. The Bertz CT molecular complexity index is 167. The largest absolute Gasteiger partial charge is 0.225 e. The highest BCUT2D eigenvalue weighted by atomic mass is 35.5. The first-order valence-electron chi connectivity index (χ1n) is 3.97. The quantitative estimate of drug-likeness (QED) is 0.481. The standard InChI is InChI=1S/C8H12ClF/c1-7-5-3-2-4-6(7)8(7,9)10/h6H,2-5H2,1H3/t6-,7-,8-/m0/s1. The van der Waals surface area contributed by atoms with E-state index in [0.717, 1.165) is 19.3 Å². The molecule has 10 heavy (non-hydrogen) atoms. The molecular weight excluding hydrogens is 151 g/mol. The highest BCUT2D eigenvalue weighted by Gasteiger charge is 2.74. The summed E-state index contributed by atoms with van der Waals surface area (Å²) in [7, 11) is 0. The van der Waals surface area contributed by atoms with Crippen LogP contribution in [-0.4, -0.2) is 5.13 Å². The molecule has 2 heteroatoms.